The number of anilines is 1. The molecule has 3 N–H and O–H groups in total. The zero-order valence-electron chi connectivity index (χ0n) is 8.48. The van der Waals surface area contributed by atoms with E-state index in [0.29, 0.717) is 0 Å². The molecular formula is C8H8Cl2F3N3O. The molecule has 0 aromatic carbocycles. The van der Waals surface area contributed by atoms with Gasteiger partial charge in [-0.05, 0) is 13.0 Å². The molecule has 17 heavy (non-hydrogen) atoms. The van der Waals surface area contributed by atoms with E-state index in [1.807, 2.05) is 0 Å². The van der Waals surface area contributed by atoms with E-state index in [1.165, 1.54) is 6.07 Å². The molecule has 0 spiro atoms. The minimum atomic E-state index is -4.51. The van der Waals surface area contributed by atoms with Gasteiger partial charge in [0.1, 0.15) is 5.02 Å². The number of nitrogens with two attached hydrogens (primary N) is 1. The number of nitrogens with zero attached hydrogens (tertiary/aromatic N) is 1. The van der Waals surface area contributed by atoms with Crippen LogP contribution in [0.15, 0.2) is 6.07 Å². The Labute approximate surface area is 105 Å². The average Bonchev–Trinajstić information content (AvgIpc) is 2.20. The molecule has 0 radical (unpaired) electrons. The van der Waals surface area contributed by atoms with Crippen LogP contribution in [0, 0.1) is 0 Å². The number of aromatic nitrogens is 1. The van der Waals surface area contributed by atoms with Crippen molar-refractivity contribution in [2.75, 3.05) is 5.43 Å². The van der Waals surface area contributed by atoms with Gasteiger partial charge in [-0.2, -0.15) is 18.2 Å². The van der Waals surface area contributed by atoms with Gasteiger partial charge in [0.2, 0.25) is 5.88 Å². The highest BCUT2D eigenvalue weighted by molar-refractivity contribution is 6.36. The Hall–Kier alpha value is -0.920. The number of halogens is 5. The van der Waals surface area contributed by atoms with E-state index in [1.54, 1.807) is 0 Å². The lowest BCUT2D eigenvalue weighted by Gasteiger charge is -2.18. The maximum atomic E-state index is 12.3. The highest BCUT2D eigenvalue weighted by Crippen LogP contribution is 2.33. The number of ether oxygens (including phenoxy) is 1. The van der Waals surface area contributed by atoms with Gasteiger partial charge in [-0.25, -0.2) is 5.84 Å². The summed E-state index contributed by atoms with van der Waals surface area (Å²) < 4.78 is 41.4. The maximum absolute atomic E-state index is 12.3. The maximum Gasteiger partial charge on any atom is 0.425 e. The van der Waals surface area contributed by atoms with Crippen molar-refractivity contribution in [1.82, 2.24) is 4.98 Å². The predicted molar refractivity (Wildman–Crippen MR) is 58.2 cm³/mol. The Morgan fingerprint density at radius 2 is 2.00 bits per heavy atom. The normalized spacial score (nSPS) is 13.4. The summed E-state index contributed by atoms with van der Waals surface area (Å²) >= 11 is 11.3. The van der Waals surface area contributed by atoms with E-state index < -0.39 is 18.2 Å². The third-order valence-corrected chi connectivity index (χ3v) is 2.34. The summed E-state index contributed by atoms with van der Waals surface area (Å²) in [6.07, 6.45) is -6.56. The Morgan fingerprint density at radius 3 is 2.47 bits per heavy atom. The van der Waals surface area contributed by atoms with Gasteiger partial charge in [0.15, 0.2) is 11.9 Å². The molecule has 0 aliphatic carbocycles. The summed E-state index contributed by atoms with van der Waals surface area (Å²) in [5.41, 5.74) is 2.11. The molecule has 0 saturated heterocycles. The van der Waals surface area contributed by atoms with E-state index in [2.05, 4.69) is 15.1 Å². The fourth-order valence-corrected chi connectivity index (χ4v) is 1.33. The molecule has 1 aromatic rings. The van der Waals surface area contributed by atoms with Crippen LogP contribution in [0.3, 0.4) is 0 Å². The Kier molecular flexibility index (Phi) is 4.29. The Bertz CT molecular complexity index is 414. The first kappa shape index (κ1) is 14.1. The van der Waals surface area contributed by atoms with Crippen molar-refractivity contribution in [1.29, 1.82) is 0 Å². The zero-order valence-corrected chi connectivity index (χ0v) is 9.99. The van der Waals surface area contributed by atoms with Crippen LogP contribution in [0.2, 0.25) is 10.0 Å². The highest BCUT2D eigenvalue weighted by Gasteiger charge is 2.38. The van der Waals surface area contributed by atoms with E-state index >= 15 is 0 Å². The third-order valence-electron chi connectivity index (χ3n) is 1.78. The number of hydrogen-bond acceptors (Lipinski definition) is 4. The Balaban J connectivity index is 2.99. The second-order valence-electron chi connectivity index (χ2n) is 3.05. The molecule has 9 heteroatoms. The fraction of sp³-hybridized carbons (Fsp3) is 0.375. The summed E-state index contributed by atoms with van der Waals surface area (Å²) in [7, 11) is 0. The number of rotatable bonds is 3. The lowest BCUT2D eigenvalue weighted by molar-refractivity contribution is -0.189. The van der Waals surface area contributed by atoms with E-state index in [-0.39, 0.29) is 15.9 Å². The molecule has 0 saturated carbocycles. The fourth-order valence-electron chi connectivity index (χ4n) is 0.868. The van der Waals surface area contributed by atoms with Crippen LogP contribution >= 0.6 is 23.2 Å². The van der Waals surface area contributed by atoms with Crippen molar-refractivity contribution in [2.45, 2.75) is 19.2 Å². The summed E-state index contributed by atoms with van der Waals surface area (Å²) in [5, 5.41) is -0.0605. The minimum Gasteiger partial charge on any atom is -0.464 e. The van der Waals surface area contributed by atoms with Crippen LogP contribution < -0.4 is 16.0 Å². The Morgan fingerprint density at radius 1 is 1.41 bits per heavy atom. The SMILES string of the molecule is CC(Oc1nc(NN)c(Cl)cc1Cl)C(F)(F)F. The lowest BCUT2D eigenvalue weighted by atomic mass is 10.4. The molecule has 0 amide bonds. The third kappa shape index (κ3) is 3.52. The minimum absolute atomic E-state index is 0.0274. The van der Waals surface area contributed by atoms with E-state index in [4.69, 9.17) is 29.0 Å². The van der Waals surface area contributed by atoms with Gasteiger partial charge in [-0.15, -0.1) is 0 Å². The second-order valence-corrected chi connectivity index (χ2v) is 3.87. The molecule has 0 fully saturated rings. The van der Waals surface area contributed by atoms with Crippen LogP contribution in [0.25, 0.3) is 0 Å². The summed E-state index contributed by atoms with van der Waals surface area (Å²) in [4.78, 5) is 3.62. The van der Waals surface area contributed by atoms with Gasteiger partial charge in [-0.3, -0.25) is 0 Å². The average molecular weight is 290 g/mol. The van der Waals surface area contributed by atoms with Gasteiger partial charge >= 0.3 is 6.18 Å². The first-order valence-electron chi connectivity index (χ1n) is 4.31. The lowest BCUT2D eigenvalue weighted by Crippen LogP contribution is -2.31. The topological polar surface area (TPSA) is 60.2 Å². The summed E-state index contributed by atoms with van der Waals surface area (Å²) in [6, 6.07) is 1.18. The largest absolute Gasteiger partial charge is 0.464 e. The van der Waals surface area contributed by atoms with E-state index in [9.17, 15) is 13.2 Å². The summed E-state index contributed by atoms with van der Waals surface area (Å²) in [5.74, 6) is 4.65. The van der Waals surface area contributed by atoms with Crippen molar-refractivity contribution < 1.29 is 17.9 Å². The molecule has 0 aliphatic rings. The van der Waals surface area contributed by atoms with Gasteiger partial charge < -0.3 is 10.2 Å². The van der Waals surface area contributed by atoms with Crippen LogP contribution in [-0.4, -0.2) is 17.3 Å². The van der Waals surface area contributed by atoms with Crippen LogP contribution in [0.1, 0.15) is 6.92 Å². The van der Waals surface area contributed by atoms with E-state index in [0.717, 1.165) is 6.92 Å². The number of nitrogens with one attached hydrogen (secondary N) is 1. The van der Waals surface area contributed by atoms with Gasteiger partial charge in [-0.1, -0.05) is 23.2 Å². The molecule has 1 rings (SSSR count). The number of pyridine rings is 1. The van der Waals surface area contributed by atoms with Crippen molar-refractivity contribution in [3.8, 4) is 5.88 Å². The van der Waals surface area contributed by atoms with Gasteiger partial charge in [0, 0.05) is 0 Å². The first-order valence-corrected chi connectivity index (χ1v) is 5.07. The zero-order chi connectivity index (χ0) is 13.2. The molecule has 0 aliphatic heterocycles. The number of hydrogen-bond donors (Lipinski definition) is 2. The van der Waals surface area contributed by atoms with Gasteiger partial charge in [0.25, 0.3) is 0 Å². The number of alkyl halides is 3. The van der Waals surface area contributed by atoms with Crippen LogP contribution in [0.5, 0.6) is 5.88 Å². The van der Waals surface area contributed by atoms with Crippen molar-refractivity contribution in [3.05, 3.63) is 16.1 Å². The van der Waals surface area contributed by atoms with Crippen molar-refractivity contribution >= 4 is 29.0 Å². The molecular weight excluding hydrogens is 282 g/mol. The monoisotopic (exact) mass is 289 g/mol. The van der Waals surface area contributed by atoms with Crippen LogP contribution in [0.4, 0.5) is 19.0 Å². The molecule has 1 unspecified atom stereocenters. The second kappa shape index (κ2) is 5.16. The number of nitrogen functional groups attached to an aromatic ring is 1. The molecule has 1 aromatic heterocycles. The quantitative estimate of drug-likeness (QED) is 0.663. The van der Waals surface area contributed by atoms with Gasteiger partial charge in [0.05, 0.1) is 5.02 Å². The standard InChI is InChI=1S/C8H8Cl2F3N3O/c1-3(8(11,12)13)17-7-5(10)2-4(9)6(15-7)16-14/h2-3H,14H2,1H3,(H,15,16). The van der Waals surface area contributed by atoms with Crippen molar-refractivity contribution in [3.63, 3.8) is 0 Å². The molecule has 1 heterocycles. The first-order chi connectivity index (χ1) is 7.75. The highest BCUT2D eigenvalue weighted by atomic mass is 35.5. The number of hydrazine groups is 1. The molecule has 0 bridgehead atoms. The molecule has 96 valence electrons. The molecule has 1 atom stereocenters. The molecule has 4 nitrogen and oxygen atoms in total. The van der Waals surface area contributed by atoms with Crippen molar-refractivity contribution in [2.24, 2.45) is 5.84 Å². The summed E-state index contributed by atoms with van der Waals surface area (Å²) in [6.45, 7) is 0.835. The predicted octanol–water partition coefficient (Wildman–Crippen LogP) is 3.00. The smallest absolute Gasteiger partial charge is 0.425 e. The van der Waals surface area contributed by atoms with Crippen LogP contribution in [-0.2, 0) is 0 Å².